The van der Waals surface area contributed by atoms with Crippen molar-refractivity contribution in [1.82, 2.24) is 9.36 Å². The summed E-state index contributed by atoms with van der Waals surface area (Å²) in [5.74, 6) is 0.915. The van der Waals surface area contributed by atoms with Crippen LogP contribution in [-0.2, 0) is 7.05 Å². The summed E-state index contributed by atoms with van der Waals surface area (Å²) in [6.45, 7) is 1.84. The number of rotatable bonds is 3. The van der Waals surface area contributed by atoms with E-state index in [1.807, 2.05) is 44.3 Å². The lowest BCUT2D eigenvalue weighted by molar-refractivity contribution is 0.101. The van der Waals surface area contributed by atoms with Crippen molar-refractivity contribution >= 4 is 11.9 Å². The summed E-state index contributed by atoms with van der Waals surface area (Å²) in [6, 6.07) is 14.4. The number of Topliss-reactive ketones (excluding diaryl/α,β-unsaturated/α-hetero) is 1. The number of para-hydroxylation sites is 1. The van der Waals surface area contributed by atoms with Crippen LogP contribution in [0.5, 0.6) is 11.5 Å². The number of ketones is 1. The molecule has 6 heteroatoms. The summed E-state index contributed by atoms with van der Waals surface area (Å²) in [5, 5.41) is 0. The minimum Gasteiger partial charge on any atom is -0.497 e. The Morgan fingerprint density at radius 2 is 1.81 bits per heavy atom. The fourth-order valence-electron chi connectivity index (χ4n) is 3.18. The van der Waals surface area contributed by atoms with E-state index in [9.17, 15) is 9.59 Å². The fraction of sp³-hybridized carbons (Fsp3) is 0.143. The largest absolute Gasteiger partial charge is 0.497 e. The predicted molar refractivity (Wildman–Crippen MR) is 102 cm³/mol. The molecule has 0 saturated heterocycles. The molecule has 27 heavy (non-hydrogen) atoms. The van der Waals surface area contributed by atoms with E-state index in [1.54, 1.807) is 34.7 Å². The molecule has 0 fully saturated rings. The summed E-state index contributed by atoms with van der Waals surface area (Å²) in [7, 11) is 3.36. The highest BCUT2D eigenvalue weighted by Gasteiger charge is 2.29. The molecule has 0 unspecified atom stereocenters. The van der Waals surface area contributed by atoms with Crippen LogP contribution in [0.3, 0.4) is 0 Å². The van der Waals surface area contributed by atoms with Crippen molar-refractivity contribution in [2.45, 2.75) is 6.92 Å². The zero-order chi connectivity index (χ0) is 19.1. The molecule has 0 bridgehead atoms. The molecule has 2 heterocycles. The minimum absolute atomic E-state index is 0.129. The van der Waals surface area contributed by atoms with Crippen LogP contribution in [0.25, 0.3) is 11.8 Å². The number of ether oxygens (including phenoxy) is 2. The monoisotopic (exact) mass is 362 g/mol. The maximum absolute atomic E-state index is 13.0. The van der Waals surface area contributed by atoms with Crippen molar-refractivity contribution < 1.29 is 14.3 Å². The predicted octanol–water partition coefficient (Wildman–Crippen LogP) is 3.11. The molecule has 0 spiro atoms. The molecule has 0 atom stereocenters. The molecule has 0 aliphatic carbocycles. The molecule has 0 amide bonds. The van der Waals surface area contributed by atoms with Gasteiger partial charge in [0, 0.05) is 18.8 Å². The van der Waals surface area contributed by atoms with Crippen LogP contribution in [0.4, 0.5) is 0 Å². The number of methoxy groups -OCH3 is 1. The Bertz CT molecular complexity index is 1140. The van der Waals surface area contributed by atoms with E-state index < -0.39 is 0 Å². The second-order valence-electron chi connectivity index (χ2n) is 6.28. The quantitative estimate of drug-likeness (QED) is 0.672. The minimum atomic E-state index is -0.249. The van der Waals surface area contributed by atoms with Gasteiger partial charge in [-0.05, 0) is 37.3 Å². The van der Waals surface area contributed by atoms with Gasteiger partial charge in [-0.2, -0.15) is 0 Å². The van der Waals surface area contributed by atoms with Crippen LogP contribution in [0.1, 0.15) is 21.6 Å². The van der Waals surface area contributed by atoms with Gasteiger partial charge in [-0.15, -0.1) is 0 Å². The average molecular weight is 362 g/mol. The summed E-state index contributed by atoms with van der Waals surface area (Å²) < 4.78 is 14.2. The molecule has 1 aliphatic heterocycles. The summed E-state index contributed by atoms with van der Waals surface area (Å²) in [6.07, 6.45) is 1.52. The molecule has 136 valence electrons. The van der Waals surface area contributed by atoms with Crippen LogP contribution in [0.15, 0.2) is 59.1 Å². The van der Waals surface area contributed by atoms with Crippen molar-refractivity contribution in [1.29, 1.82) is 0 Å². The van der Waals surface area contributed by atoms with Gasteiger partial charge in [-0.3, -0.25) is 14.3 Å². The number of nitrogens with zero attached hydrogens (tertiary/aromatic N) is 2. The third kappa shape index (κ3) is 2.66. The Kier molecular flexibility index (Phi) is 3.96. The number of allylic oxidation sites excluding steroid dienone is 1. The van der Waals surface area contributed by atoms with Gasteiger partial charge in [0.15, 0.2) is 5.76 Å². The van der Waals surface area contributed by atoms with Crippen LogP contribution >= 0.6 is 0 Å². The highest BCUT2D eigenvalue weighted by Crippen LogP contribution is 2.34. The first kappa shape index (κ1) is 16.9. The first-order valence-corrected chi connectivity index (χ1v) is 8.47. The van der Waals surface area contributed by atoms with Crippen molar-refractivity contribution in [3.05, 3.63) is 81.5 Å². The molecule has 1 aromatic heterocycles. The highest BCUT2D eigenvalue weighted by atomic mass is 16.5. The van der Waals surface area contributed by atoms with Crippen molar-refractivity contribution in [3.63, 3.8) is 0 Å². The van der Waals surface area contributed by atoms with Gasteiger partial charge < -0.3 is 9.47 Å². The van der Waals surface area contributed by atoms with E-state index in [1.165, 1.54) is 6.08 Å². The van der Waals surface area contributed by atoms with E-state index in [4.69, 9.17) is 9.47 Å². The Balaban J connectivity index is 1.80. The van der Waals surface area contributed by atoms with Crippen LogP contribution in [0.2, 0.25) is 0 Å². The topological polar surface area (TPSA) is 62.5 Å². The molecule has 4 rings (SSSR count). The summed E-state index contributed by atoms with van der Waals surface area (Å²) in [4.78, 5) is 25.6. The maximum atomic E-state index is 13.0. The Morgan fingerprint density at radius 3 is 2.52 bits per heavy atom. The molecule has 0 N–H and O–H groups in total. The SMILES string of the molecule is COc1ccc2c(c1)O/C(=C\c1c(C)n(C)n(-c3ccccc3)c1=O)C2=O. The lowest BCUT2D eigenvalue weighted by Gasteiger charge is -2.07. The van der Waals surface area contributed by atoms with E-state index in [-0.39, 0.29) is 17.1 Å². The molecule has 0 saturated carbocycles. The molecule has 1 aliphatic rings. The number of benzene rings is 2. The smallest absolute Gasteiger partial charge is 0.279 e. The van der Waals surface area contributed by atoms with Crippen molar-refractivity contribution in [2.24, 2.45) is 7.05 Å². The van der Waals surface area contributed by atoms with Gasteiger partial charge in [0.25, 0.3) is 5.56 Å². The van der Waals surface area contributed by atoms with Crippen molar-refractivity contribution in [2.75, 3.05) is 7.11 Å². The lowest BCUT2D eigenvalue weighted by atomic mass is 10.1. The number of fused-ring (bicyclic) bond motifs is 1. The Hall–Kier alpha value is -3.54. The third-order valence-corrected chi connectivity index (χ3v) is 4.75. The van der Waals surface area contributed by atoms with Gasteiger partial charge >= 0.3 is 0 Å². The zero-order valence-electron chi connectivity index (χ0n) is 15.2. The van der Waals surface area contributed by atoms with Gasteiger partial charge in [0.1, 0.15) is 11.5 Å². The number of hydrogen-bond acceptors (Lipinski definition) is 4. The fourth-order valence-corrected chi connectivity index (χ4v) is 3.18. The lowest BCUT2D eigenvalue weighted by Crippen LogP contribution is -2.20. The molecule has 0 radical (unpaired) electrons. The molecular formula is C21H18N2O4. The van der Waals surface area contributed by atoms with Gasteiger partial charge in [0.05, 0.1) is 23.9 Å². The van der Waals surface area contributed by atoms with E-state index >= 15 is 0 Å². The summed E-state index contributed by atoms with van der Waals surface area (Å²) >= 11 is 0. The normalized spacial score (nSPS) is 14.3. The summed E-state index contributed by atoms with van der Waals surface area (Å²) in [5.41, 5.74) is 2.16. The van der Waals surface area contributed by atoms with E-state index in [0.29, 0.717) is 22.6 Å². The second kappa shape index (κ2) is 6.32. The first-order valence-electron chi connectivity index (χ1n) is 8.47. The van der Waals surface area contributed by atoms with Crippen LogP contribution < -0.4 is 15.0 Å². The Morgan fingerprint density at radius 1 is 1.07 bits per heavy atom. The number of aromatic nitrogens is 2. The molecular weight excluding hydrogens is 344 g/mol. The zero-order valence-corrected chi connectivity index (χ0v) is 15.2. The molecule has 6 nitrogen and oxygen atoms in total. The van der Waals surface area contributed by atoms with Gasteiger partial charge in [-0.25, -0.2) is 4.68 Å². The third-order valence-electron chi connectivity index (χ3n) is 4.75. The van der Waals surface area contributed by atoms with Gasteiger partial charge in [-0.1, -0.05) is 18.2 Å². The average Bonchev–Trinajstić information content (AvgIpc) is 3.11. The van der Waals surface area contributed by atoms with E-state index in [0.717, 1.165) is 11.4 Å². The molecule has 3 aromatic rings. The second-order valence-corrected chi connectivity index (χ2v) is 6.28. The number of carbonyl (C=O) groups excluding carboxylic acids is 1. The first-order chi connectivity index (χ1) is 13.0. The van der Waals surface area contributed by atoms with E-state index in [2.05, 4.69) is 0 Å². The van der Waals surface area contributed by atoms with Crippen molar-refractivity contribution in [3.8, 4) is 17.2 Å². The van der Waals surface area contributed by atoms with Crippen LogP contribution in [0, 0.1) is 6.92 Å². The van der Waals surface area contributed by atoms with Crippen LogP contribution in [-0.4, -0.2) is 22.3 Å². The number of carbonyl (C=O) groups is 1. The maximum Gasteiger partial charge on any atom is 0.279 e. The molecule has 2 aromatic carbocycles. The highest BCUT2D eigenvalue weighted by molar-refractivity contribution is 6.14. The Labute approximate surface area is 155 Å². The standard InChI is InChI=1S/C21H18N2O4/c1-13-17(21(25)23(22(13)2)14-7-5-4-6-8-14)12-19-20(24)16-10-9-15(26-3)11-18(16)27-19/h4-12H,1-3H3/b19-12-. The van der Waals surface area contributed by atoms with Gasteiger partial charge in [0.2, 0.25) is 5.78 Å². The number of hydrogen-bond donors (Lipinski definition) is 0.